The molecule has 0 spiro atoms. The van der Waals surface area contributed by atoms with Crippen LogP contribution in [0.3, 0.4) is 0 Å². The maximum atomic E-state index is 12.2. The zero-order valence-electron chi connectivity index (χ0n) is 17.7. The summed E-state index contributed by atoms with van der Waals surface area (Å²) in [7, 11) is 1.48. The van der Waals surface area contributed by atoms with Gasteiger partial charge in [0.2, 0.25) is 0 Å². The van der Waals surface area contributed by atoms with E-state index in [1.165, 1.54) is 13.3 Å². The van der Waals surface area contributed by atoms with Crippen molar-refractivity contribution in [3.63, 3.8) is 0 Å². The van der Waals surface area contributed by atoms with Crippen LogP contribution in [0.15, 0.2) is 80.8 Å². The van der Waals surface area contributed by atoms with Crippen LogP contribution in [0, 0.1) is 0 Å². The number of amides is 2. The van der Waals surface area contributed by atoms with Crippen molar-refractivity contribution in [3.8, 4) is 11.5 Å². The largest absolute Gasteiger partial charge is 0.496 e. The fourth-order valence-electron chi connectivity index (χ4n) is 2.76. The Morgan fingerprint density at radius 2 is 1.76 bits per heavy atom. The lowest BCUT2D eigenvalue weighted by Gasteiger charge is -2.09. The number of benzene rings is 3. The Labute approximate surface area is 208 Å². The number of ether oxygens (including phenoxy) is 2. The Kier molecular flexibility index (Phi) is 9.03. The monoisotopic (exact) mass is 573 g/mol. The molecule has 0 atom stereocenters. The predicted octanol–water partition coefficient (Wildman–Crippen LogP) is 4.68. The number of nitrogens with zero attached hydrogens (tertiary/aromatic N) is 1. The molecule has 0 unspecified atom stereocenters. The fourth-order valence-corrected chi connectivity index (χ4v) is 3.54. The van der Waals surface area contributed by atoms with Crippen LogP contribution < -0.4 is 20.2 Å². The van der Waals surface area contributed by atoms with E-state index < -0.39 is 11.8 Å². The molecule has 0 fully saturated rings. The van der Waals surface area contributed by atoms with Crippen LogP contribution in [0.4, 0.5) is 0 Å². The van der Waals surface area contributed by atoms with Crippen LogP contribution in [0.2, 0.25) is 0 Å². The zero-order valence-corrected chi connectivity index (χ0v) is 20.9. The molecule has 3 rings (SSSR count). The van der Waals surface area contributed by atoms with E-state index in [1.807, 2.05) is 42.5 Å². The number of rotatable bonds is 9. The second kappa shape index (κ2) is 12.2. The molecule has 0 bridgehead atoms. The van der Waals surface area contributed by atoms with Gasteiger partial charge in [0.25, 0.3) is 11.8 Å². The highest BCUT2D eigenvalue weighted by Crippen LogP contribution is 2.26. The molecule has 2 amide bonds. The van der Waals surface area contributed by atoms with Crippen molar-refractivity contribution < 1.29 is 19.1 Å². The van der Waals surface area contributed by atoms with Gasteiger partial charge in [-0.1, -0.05) is 40.2 Å². The SMILES string of the molecule is COc1ccccc1C(=O)NCC(=O)NN=Cc1ccc(OCc2ccc(Br)cc2)c(Br)c1. The molecule has 3 aromatic carbocycles. The Hall–Kier alpha value is -3.17. The number of para-hydroxylation sites is 1. The first kappa shape index (κ1) is 24.5. The molecule has 3 aromatic rings. The Morgan fingerprint density at radius 3 is 2.48 bits per heavy atom. The van der Waals surface area contributed by atoms with Crippen molar-refractivity contribution in [3.05, 3.63) is 92.4 Å². The zero-order chi connectivity index (χ0) is 23.6. The standard InChI is InChI=1S/C24H21Br2N3O4/c1-32-21-5-3-2-4-19(21)24(31)27-14-23(30)29-28-13-17-8-11-22(20(26)12-17)33-15-16-6-9-18(25)10-7-16/h2-13H,14-15H2,1H3,(H,27,31)(H,29,30). The molecule has 0 aliphatic heterocycles. The first-order valence-corrected chi connectivity index (χ1v) is 11.4. The highest BCUT2D eigenvalue weighted by atomic mass is 79.9. The van der Waals surface area contributed by atoms with Gasteiger partial charge in [0.15, 0.2) is 0 Å². The third-order valence-electron chi connectivity index (χ3n) is 4.43. The lowest BCUT2D eigenvalue weighted by atomic mass is 10.2. The van der Waals surface area contributed by atoms with E-state index in [2.05, 4.69) is 47.7 Å². The maximum Gasteiger partial charge on any atom is 0.259 e. The molecule has 2 N–H and O–H groups in total. The highest BCUT2D eigenvalue weighted by Gasteiger charge is 2.12. The second-order valence-electron chi connectivity index (χ2n) is 6.78. The lowest BCUT2D eigenvalue weighted by molar-refractivity contribution is -0.120. The average Bonchev–Trinajstić information content (AvgIpc) is 2.83. The summed E-state index contributed by atoms with van der Waals surface area (Å²) in [6.07, 6.45) is 1.50. The molecule has 7 nitrogen and oxygen atoms in total. The first-order valence-electron chi connectivity index (χ1n) is 9.86. The third-order valence-corrected chi connectivity index (χ3v) is 5.58. The molecule has 0 aliphatic carbocycles. The molecule has 0 radical (unpaired) electrons. The van der Waals surface area contributed by atoms with Crippen LogP contribution in [0.25, 0.3) is 0 Å². The second-order valence-corrected chi connectivity index (χ2v) is 8.55. The van der Waals surface area contributed by atoms with Gasteiger partial charge in [-0.3, -0.25) is 9.59 Å². The minimum atomic E-state index is -0.456. The van der Waals surface area contributed by atoms with E-state index in [9.17, 15) is 9.59 Å². The van der Waals surface area contributed by atoms with Crippen LogP contribution in [0.1, 0.15) is 21.5 Å². The molecule has 0 aromatic heterocycles. The van der Waals surface area contributed by atoms with E-state index in [-0.39, 0.29) is 6.54 Å². The Morgan fingerprint density at radius 1 is 1.00 bits per heavy atom. The van der Waals surface area contributed by atoms with Crippen molar-refractivity contribution in [2.24, 2.45) is 5.10 Å². The Bertz CT molecular complexity index is 1150. The highest BCUT2D eigenvalue weighted by molar-refractivity contribution is 9.10. The van der Waals surface area contributed by atoms with Gasteiger partial charge >= 0.3 is 0 Å². The van der Waals surface area contributed by atoms with Crippen molar-refractivity contribution in [2.45, 2.75) is 6.61 Å². The first-order chi connectivity index (χ1) is 16.0. The summed E-state index contributed by atoms with van der Waals surface area (Å²) in [5, 5.41) is 6.47. The smallest absolute Gasteiger partial charge is 0.259 e. The van der Waals surface area contributed by atoms with E-state index in [4.69, 9.17) is 9.47 Å². The topological polar surface area (TPSA) is 89.0 Å². The van der Waals surface area contributed by atoms with Gasteiger partial charge in [-0.25, -0.2) is 5.43 Å². The summed E-state index contributed by atoms with van der Waals surface area (Å²) in [5.74, 6) is 0.263. The lowest BCUT2D eigenvalue weighted by Crippen LogP contribution is -2.35. The quantitative estimate of drug-likeness (QED) is 0.287. The van der Waals surface area contributed by atoms with Gasteiger partial charge in [-0.2, -0.15) is 5.10 Å². The summed E-state index contributed by atoms with van der Waals surface area (Å²) in [6.45, 7) is 0.219. The van der Waals surface area contributed by atoms with Gasteiger partial charge < -0.3 is 14.8 Å². The number of carbonyl (C=O) groups excluding carboxylic acids is 2. The van der Waals surface area contributed by atoms with Crippen molar-refractivity contribution in [1.82, 2.24) is 10.7 Å². The molecule has 0 saturated heterocycles. The van der Waals surface area contributed by atoms with E-state index in [0.29, 0.717) is 23.7 Å². The average molecular weight is 575 g/mol. The summed E-state index contributed by atoms with van der Waals surface area (Å²) in [5.41, 5.74) is 4.55. The number of hydrazone groups is 1. The van der Waals surface area contributed by atoms with Crippen LogP contribution in [0.5, 0.6) is 11.5 Å². The minimum Gasteiger partial charge on any atom is -0.496 e. The van der Waals surface area contributed by atoms with Crippen molar-refractivity contribution in [1.29, 1.82) is 0 Å². The summed E-state index contributed by atoms with van der Waals surface area (Å²) < 4.78 is 12.8. The summed E-state index contributed by atoms with van der Waals surface area (Å²) in [6, 6.07) is 20.1. The number of methoxy groups -OCH3 is 1. The van der Waals surface area contributed by atoms with Crippen molar-refractivity contribution in [2.75, 3.05) is 13.7 Å². The van der Waals surface area contributed by atoms with Crippen LogP contribution in [-0.4, -0.2) is 31.7 Å². The van der Waals surface area contributed by atoms with Gasteiger partial charge in [0.1, 0.15) is 18.1 Å². The normalized spacial score (nSPS) is 10.6. The Balaban J connectivity index is 1.47. The molecular weight excluding hydrogens is 554 g/mol. The van der Waals surface area contributed by atoms with E-state index in [0.717, 1.165) is 20.1 Å². The molecule has 33 heavy (non-hydrogen) atoms. The third kappa shape index (κ3) is 7.44. The van der Waals surface area contributed by atoms with Gasteiger partial charge in [-0.05, 0) is 69.5 Å². The molecule has 0 aliphatic rings. The molecule has 0 saturated carbocycles. The van der Waals surface area contributed by atoms with Crippen molar-refractivity contribution >= 4 is 49.9 Å². The number of nitrogens with one attached hydrogen (secondary N) is 2. The van der Waals surface area contributed by atoms with Gasteiger partial charge in [-0.15, -0.1) is 0 Å². The number of carbonyl (C=O) groups is 2. The molecule has 0 heterocycles. The fraction of sp³-hybridized carbons (Fsp3) is 0.125. The van der Waals surface area contributed by atoms with E-state index >= 15 is 0 Å². The molecule has 170 valence electrons. The number of hydrogen-bond acceptors (Lipinski definition) is 5. The molecule has 9 heteroatoms. The van der Waals surface area contributed by atoms with Gasteiger partial charge in [0, 0.05) is 4.47 Å². The predicted molar refractivity (Wildman–Crippen MR) is 134 cm³/mol. The summed E-state index contributed by atoms with van der Waals surface area (Å²) >= 11 is 6.90. The summed E-state index contributed by atoms with van der Waals surface area (Å²) in [4.78, 5) is 24.2. The van der Waals surface area contributed by atoms with Crippen LogP contribution >= 0.6 is 31.9 Å². The van der Waals surface area contributed by atoms with E-state index in [1.54, 1.807) is 24.3 Å². The van der Waals surface area contributed by atoms with Gasteiger partial charge in [0.05, 0.1) is 29.9 Å². The van der Waals surface area contributed by atoms with Crippen LogP contribution in [-0.2, 0) is 11.4 Å². The number of halogens is 2. The minimum absolute atomic E-state index is 0.221. The molecular formula is C24H21Br2N3O4. The number of hydrogen-bond donors (Lipinski definition) is 2. The maximum absolute atomic E-state index is 12.2.